The number of hydrogen-bond acceptors (Lipinski definition) is 4. The van der Waals surface area contributed by atoms with Crippen LogP contribution in [-0.4, -0.2) is 47.0 Å². The van der Waals surface area contributed by atoms with Crippen molar-refractivity contribution in [2.45, 2.75) is 50.9 Å². The molecular weight excluding hydrogens is 304 g/mol. The molecule has 2 saturated heterocycles. The van der Waals surface area contributed by atoms with Gasteiger partial charge >= 0.3 is 0 Å². The molecule has 6 nitrogen and oxygen atoms in total. The quantitative estimate of drug-likeness (QED) is 0.902. The van der Waals surface area contributed by atoms with E-state index in [1.54, 1.807) is 0 Å². The second kappa shape index (κ2) is 6.18. The second-order valence-electron chi connectivity index (χ2n) is 7.14. The molecule has 0 radical (unpaired) electrons. The Morgan fingerprint density at radius 1 is 1.29 bits per heavy atom. The molecule has 2 fully saturated rings. The van der Waals surface area contributed by atoms with Crippen molar-refractivity contribution in [1.82, 2.24) is 20.4 Å². The van der Waals surface area contributed by atoms with E-state index in [2.05, 4.69) is 29.6 Å². The smallest absolute Gasteiger partial charge is 0.272 e. The van der Waals surface area contributed by atoms with Crippen molar-refractivity contribution in [3.63, 3.8) is 0 Å². The van der Waals surface area contributed by atoms with Crippen molar-refractivity contribution in [2.75, 3.05) is 13.2 Å². The van der Waals surface area contributed by atoms with Gasteiger partial charge in [-0.25, -0.2) is 0 Å². The molecule has 2 unspecified atom stereocenters. The zero-order chi connectivity index (χ0) is 16.7. The molecule has 6 heteroatoms. The van der Waals surface area contributed by atoms with Crippen LogP contribution in [-0.2, 0) is 4.74 Å². The van der Waals surface area contributed by atoms with E-state index >= 15 is 0 Å². The van der Waals surface area contributed by atoms with E-state index in [1.807, 2.05) is 28.9 Å². The molecule has 2 aliphatic heterocycles. The number of aromatic nitrogens is 2. The summed E-state index contributed by atoms with van der Waals surface area (Å²) in [6, 6.07) is 9.01. The van der Waals surface area contributed by atoms with Gasteiger partial charge in [-0.2, -0.15) is 5.10 Å². The maximum atomic E-state index is 12.8. The Kier molecular flexibility index (Phi) is 4.02. The van der Waals surface area contributed by atoms with Crippen LogP contribution in [0.5, 0.6) is 0 Å². The lowest BCUT2D eigenvalue weighted by Crippen LogP contribution is -2.58. The van der Waals surface area contributed by atoms with Gasteiger partial charge in [0.05, 0.1) is 18.7 Å². The number of morpholine rings is 1. The van der Waals surface area contributed by atoms with Crippen molar-refractivity contribution in [2.24, 2.45) is 0 Å². The van der Waals surface area contributed by atoms with E-state index in [1.165, 1.54) is 0 Å². The molecule has 0 aliphatic carbocycles. The van der Waals surface area contributed by atoms with Gasteiger partial charge in [-0.3, -0.25) is 9.48 Å². The Morgan fingerprint density at radius 2 is 2.00 bits per heavy atom. The summed E-state index contributed by atoms with van der Waals surface area (Å²) in [5.41, 5.74) is 1.53. The Bertz CT molecular complexity index is 743. The monoisotopic (exact) mass is 328 g/mol. The van der Waals surface area contributed by atoms with Crippen LogP contribution < -0.4 is 10.6 Å². The minimum atomic E-state index is -0.0727. The van der Waals surface area contributed by atoms with Crippen LogP contribution in [0.15, 0.2) is 24.3 Å². The molecule has 3 heterocycles. The molecule has 2 N–H and O–H groups in total. The highest BCUT2D eigenvalue weighted by Gasteiger charge is 2.33. The van der Waals surface area contributed by atoms with Crippen LogP contribution in [0.1, 0.15) is 43.2 Å². The maximum Gasteiger partial charge on any atom is 0.272 e. The van der Waals surface area contributed by atoms with Crippen LogP contribution in [0.25, 0.3) is 10.9 Å². The van der Waals surface area contributed by atoms with Crippen molar-refractivity contribution >= 4 is 16.8 Å². The normalized spacial score (nSPS) is 26.7. The van der Waals surface area contributed by atoms with E-state index in [0.29, 0.717) is 17.8 Å². The summed E-state index contributed by atoms with van der Waals surface area (Å²) in [4.78, 5) is 12.8. The fourth-order valence-electron chi connectivity index (χ4n) is 3.86. The third-order valence-corrected chi connectivity index (χ3v) is 4.90. The highest BCUT2D eigenvalue weighted by atomic mass is 16.5. The molecule has 1 aromatic heterocycles. The number of nitrogens with one attached hydrogen (secondary N) is 2. The van der Waals surface area contributed by atoms with Gasteiger partial charge < -0.3 is 15.4 Å². The standard InChI is InChI=1S/C18H24N4O2/c1-11(2)22-16-6-4-3-5-15(16)17(21-22)18(23)20-12-7-13-9-24-10-14(8-12)19-13/h3-6,11-14,19H,7-10H2,1-2H3,(H,20,23). The number of carbonyl (C=O) groups is 1. The number of para-hydroxylation sites is 1. The number of ether oxygens (including phenoxy) is 1. The molecule has 24 heavy (non-hydrogen) atoms. The average molecular weight is 328 g/mol. The van der Waals surface area contributed by atoms with Gasteiger partial charge in [0.1, 0.15) is 0 Å². The largest absolute Gasteiger partial charge is 0.378 e. The highest BCUT2D eigenvalue weighted by Crippen LogP contribution is 2.23. The molecule has 2 aromatic rings. The van der Waals surface area contributed by atoms with E-state index in [4.69, 9.17) is 4.74 Å². The lowest BCUT2D eigenvalue weighted by molar-refractivity contribution is 0.0148. The van der Waals surface area contributed by atoms with Crippen LogP contribution in [0.4, 0.5) is 0 Å². The van der Waals surface area contributed by atoms with Gasteiger partial charge in [0, 0.05) is 29.6 Å². The number of fused-ring (bicyclic) bond motifs is 3. The summed E-state index contributed by atoms with van der Waals surface area (Å²) >= 11 is 0. The summed E-state index contributed by atoms with van der Waals surface area (Å²) in [7, 11) is 0. The van der Waals surface area contributed by atoms with Crippen LogP contribution in [0.2, 0.25) is 0 Å². The van der Waals surface area contributed by atoms with Crippen molar-refractivity contribution in [3.05, 3.63) is 30.0 Å². The Morgan fingerprint density at radius 3 is 2.71 bits per heavy atom. The second-order valence-corrected chi connectivity index (χ2v) is 7.14. The Balaban J connectivity index is 1.57. The summed E-state index contributed by atoms with van der Waals surface area (Å²) in [6.07, 6.45) is 1.82. The summed E-state index contributed by atoms with van der Waals surface area (Å²) in [6.45, 7) is 5.62. The molecule has 128 valence electrons. The number of nitrogens with zero attached hydrogens (tertiary/aromatic N) is 2. The molecule has 2 aliphatic rings. The van der Waals surface area contributed by atoms with Gasteiger partial charge in [0.25, 0.3) is 5.91 Å². The first-order valence-electron chi connectivity index (χ1n) is 8.73. The number of carbonyl (C=O) groups excluding carboxylic acids is 1. The fraction of sp³-hybridized carbons (Fsp3) is 0.556. The van der Waals surface area contributed by atoms with Crippen molar-refractivity contribution in [3.8, 4) is 0 Å². The Labute approximate surface area is 141 Å². The van der Waals surface area contributed by atoms with Crippen molar-refractivity contribution < 1.29 is 9.53 Å². The molecule has 1 amide bonds. The molecule has 2 bridgehead atoms. The third kappa shape index (κ3) is 2.80. The number of rotatable bonds is 3. The zero-order valence-corrected chi connectivity index (χ0v) is 14.2. The summed E-state index contributed by atoms with van der Waals surface area (Å²) < 4.78 is 7.50. The summed E-state index contributed by atoms with van der Waals surface area (Å²) in [5, 5.41) is 12.3. The van der Waals surface area contributed by atoms with Gasteiger partial charge in [0.2, 0.25) is 0 Å². The molecule has 1 aromatic carbocycles. The number of amides is 1. The van der Waals surface area contributed by atoms with Gasteiger partial charge in [0.15, 0.2) is 5.69 Å². The van der Waals surface area contributed by atoms with Gasteiger partial charge in [-0.1, -0.05) is 18.2 Å². The topological polar surface area (TPSA) is 68.2 Å². The van der Waals surface area contributed by atoms with E-state index < -0.39 is 0 Å². The first kappa shape index (κ1) is 15.6. The van der Waals surface area contributed by atoms with E-state index in [-0.39, 0.29) is 18.0 Å². The highest BCUT2D eigenvalue weighted by molar-refractivity contribution is 6.05. The summed E-state index contributed by atoms with van der Waals surface area (Å²) in [5.74, 6) is -0.0727. The maximum absolute atomic E-state index is 12.8. The van der Waals surface area contributed by atoms with Gasteiger partial charge in [-0.05, 0) is 32.8 Å². The van der Waals surface area contributed by atoms with Crippen LogP contribution in [0, 0.1) is 0 Å². The third-order valence-electron chi connectivity index (χ3n) is 4.90. The lowest BCUT2D eigenvalue weighted by atomic mass is 9.92. The van der Waals surface area contributed by atoms with Gasteiger partial charge in [-0.15, -0.1) is 0 Å². The number of hydrogen-bond donors (Lipinski definition) is 2. The number of piperidine rings is 1. The molecule has 4 rings (SSSR count). The first-order chi connectivity index (χ1) is 11.6. The van der Waals surface area contributed by atoms with Crippen LogP contribution >= 0.6 is 0 Å². The minimum Gasteiger partial charge on any atom is -0.378 e. The minimum absolute atomic E-state index is 0.0727. The first-order valence-corrected chi connectivity index (χ1v) is 8.73. The number of benzene rings is 1. The average Bonchev–Trinajstić information content (AvgIpc) is 2.94. The molecule has 2 atom stereocenters. The lowest BCUT2D eigenvalue weighted by Gasteiger charge is -2.40. The van der Waals surface area contributed by atoms with Crippen LogP contribution in [0.3, 0.4) is 0 Å². The fourth-order valence-corrected chi connectivity index (χ4v) is 3.86. The zero-order valence-electron chi connectivity index (χ0n) is 14.2. The van der Waals surface area contributed by atoms with Crippen molar-refractivity contribution in [1.29, 1.82) is 0 Å². The molecule has 0 spiro atoms. The SMILES string of the molecule is CC(C)n1nc(C(=O)NC2CC3COCC(C2)N3)c2ccccc21. The van der Waals surface area contributed by atoms with E-state index in [0.717, 1.165) is 37.0 Å². The van der Waals surface area contributed by atoms with E-state index in [9.17, 15) is 4.79 Å². The Hall–Kier alpha value is -1.92. The predicted octanol–water partition coefficient (Wildman–Crippen LogP) is 1.87. The molecule has 0 saturated carbocycles. The predicted molar refractivity (Wildman–Crippen MR) is 92.1 cm³/mol. The molecular formula is C18H24N4O2.